The highest BCUT2D eigenvalue weighted by molar-refractivity contribution is 6.15. The minimum Gasteiger partial charge on any atom is -0.352 e. The van der Waals surface area contributed by atoms with E-state index in [2.05, 4.69) is 0 Å². The predicted molar refractivity (Wildman–Crippen MR) is 72.4 cm³/mol. The maximum absolute atomic E-state index is 11.8. The lowest BCUT2D eigenvalue weighted by Gasteiger charge is -2.30. The molecule has 1 aliphatic rings. The normalized spacial score (nSPS) is 17.9. The van der Waals surface area contributed by atoms with Gasteiger partial charge in [-0.3, -0.25) is 14.5 Å². The average Bonchev–Trinajstić information content (AvgIpc) is 2.60. The molecule has 20 heavy (non-hydrogen) atoms. The molecule has 2 amide bonds. The number of carbonyl (C=O) groups is 2. The van der Waals surface area contributed by atoms with E-state index in [0.717, 1.165) is 4.90 Å². The molecular weight excluding hydrogens is 262 g/mol. The Kier molecular flexibility index (Phi) is 5.44. The van der Waals surface area contributed by atoms with Crippen molar-refractivity contribution in [3.05, 3.63) is 11.6 Å². The van der Waals surface area contributed by atoms with E-state index in [4.69, 9.17) is 14.5 Å². The topological polar surface area (TPSA) is 65.1 Å². The van der Waals surface area contributed by atoms with E-state index in [1.807, 2.05) is 27.7 Å². The van der Waals surface area contributed by atoms with Crippen LogP contribution in [0.2, 0.25) is 0 Å². The molecule has 6 nitrogen and oxygen atoms in total. The average molecular weight is 285 g/mol. The largest absolute Gasteiger partial charge is 0.352 e. The van der Waals surface area contributed by atoms with E-state index < -0.39 is 11.9 Å². The van der Waals surface area contributed by atoms with Gasteiger partial charge in [-0.2, -0.15) is 0 Å². The third-order valence-corrected chi connectivity index (χ3v) is 3.54. The SMILES string of the molecule is COC(CN1C(=O)C=C(C)C1=O)OOC(C)(C)C(C)C. The van der Waals surface area contributed by atoms with E-state index in [1.54, 1.807) is 6.92 Å². The third kappa shape index (κ3) is 3.88. The van der Waals surface area contributed by atoms with Crippen molar-refractivity contribution in [2.24, 2.45) is 5.92 Å². The van der Waals surface area contributed by atoms with Gasteiger partial charge in [-0.25, -0.2) is 9.78 Å². The minimum atomic E-state index is -0.819. The van der Waals surface area contributed by atoms with Gasteiger partial charge in [0, 0.05) is 18.8 Å². The van der Waals surface area contributed by atoms with Gasteiger partial charge in [-0.05, 0) is 26.7 Å². The van der Waals surface area contributed by atoms with Gasteiger partial charge in [-0.1, -0.05) is 13.8 Å². The second-order valence-corrected chi connectivity index (χ2v) is 5.68. The van der Waals surface area contributed by atoms with Crippen molar-refractivity contribution in [3.8, 4) is 0 Å². The molecular formula is C14H23NO5. The Hall–Kier alpha value is -1.24. The van der Waals surface area contributed by atoms with Crippen LogP contribution >= 0.6 is 0 Å². The molecule has 0 radical (unpaired) electrons. The fourth-order valence-electron chi connectivity index (χ4n) is 1.38. The summed E-state index contributed by atoms with van der Waals surface area (Å²) in [5, 5.41) is 0. The summed E-state index contributed by atoms with van der Waals surface area (Å²) in [5.41, 5.74) is -0.0856. The van der Waals surface area contributed by atoms with Crippen LogP contribution in [-0.4, -0.2) is 42.3 Å². The summed E-state index contributed by atoms with van der Waals surface area (Å²) in [6.45, 7) is 9.39. The zero-order chi connectivity index (χ0) is 15.5. The number of rotatable bonds is 7. The molecule has 1 aliphatic heterocycles. The van der Waals surface area contributed by atoms with Crippen molar-refractivity contribution >= 4 is 11.8 Å². The van der Waals surface area contributed by atoms with Crippen molar-refractivity contribution < 1.29 is 24.1 Å². The third-order valence-electron chi connectivity index (χ3n) is 3.54. The van der Waals surface area contributed by atoms with Gasteiger partial charge in [0.25, 0.3) is 11.8 Å². The lowest BCUT2D eigenvalue weighted by Crippen LogP contribution is -2.41. The van der Waals surface area contributed by atoms with Crippen LogP contribution in [0.1, 0.15) is 34.6 Å². The molecule has 0 aromatic heterocycles. The quantitative estimate of drug-likeness (QED) is 0.308. The highest BCUT2D eigenvalue weighted by Gasteiger charge is 2.32. The Labute approximate surface area is 119 Å². The maximum Gasteiger partial charge on any atom is 0.256 e. The number of imide groups is 1. The highest BCUT2D eigenvalue weighted by Crippen LogP contribution is 2.22. The number of hydrogen-bond acceptors (Lipinski definition) is 5. The first-order valence-corrected chi connectivity index (χ1v) is 6.60. The second-order valence-electron chi connectivity index (χ2n) is 5.68. The van der Waals surface area contributed by atoms with Crippen molar-refractivity contribution in [2.75, 3.05) is 13.7 Å². The molecule has 1 rings (SSSR count). The minimum absolute atomic E-state index is 0.00379. The lowest BCUT2D eigenvalue weighted by atomic mass is 9.95. The van der Waals surface area contributed by atoms with E-state index >= 15 is 0 Å². The molecule has 1 heterocycles. The molecule has 0 bridgehead atoms. The van der Waals surface area contributed by atoms with Crippen molar-refractivity contribution in [3.63, 3.8) is 0 Å². The Balaban J connectivity index is 2.57. The fourth-order valence-corrected chi connectivity index (χ4v) is 1.38. The first-order chi connectivity index (χ1) is 9.19. The molecule has 114 valence electrons. The molecule has 0 saturated carbocycles. The van der Waals surface area contributed by atoms with Crippen LogP contribution < -0.4 is 0 Å². The first-order valence-electron chi connectivity index (χ1n) is 6.60. The molecule has 0 aromatic rings. The molecule has 0 saturated heterocycles. The number of ether oxygens (including phenoxy) is 1. The summed E-state index contributed by atoms with van der Waals surface area (Å²) in [6.07, 6.45) is 0.480. The van der Waals surface area contributed by atoms with E-state index in [-0.39, 0.29) is 24.3 Å². The van der Waals surface area contributed by atoms with Crippen LogP contribution in [0.3, 0.4) is 0 Å². The van der Waals surface area contributed by atoms with Gasteiger partial charge in [0.1, 0.15) is 5.60 Å². The van der Waals surface area contributed by atoms with E-state index in [1.165, 1.54) is 13.2 Å². The van der Waals surface area contributed by atoms with Gasteiger partial charge in [0.05, 0.1) is 6.54 Å². The van der Waals surface area contributed by atoms with Crippen molar-refractivity contribution in [1.82, 2.24) is 4.90 Å². The molecule has 0 fully saturated rings. The Bertz CT molecular complexity index is 414. The number of amides is 2. The lowest BCUT2D eigenvalue weighted by molar-refractivity contribution is -0.422. The van der Waals surface area contributed by atoms with Crippen LogP contribution in [0, 0.1) is 5.92 Å². The Morgan fingerprint density at radius 2 is 1.90 bits per heavy atom. The van der Waals surface area contributed by atoms with Crippen LogP contribution in [0.25, 0.3) is 0 Å². The standard InChI is InChI=1S/C14H23NO5/c1-9(2)14(4,5)20-19-12(18-6)8-15-11(16)7-10(3)13(15)17/h7,9,12H,8H2,1-6H3. The zero-order valence-electron chi connectivity index (χ0n) is 12.9. The monoisotopic (exact) mass is 285 g/mol. The highest BCUT2D eigenvalue weighted by atomic mass is 17.2. The summed E-state index contributed by atoms with van der Waals surface area (Å²) >= 11 is 0. The first kappa shape index (κ1) is 16.8. The van der Waals surface area contributed by atoms with Crippen LogP contribution in [-0.2, 0) is 24.1 Å². The van der Waals surface area contributed by atoms with Gasteiger partial charge >= 0.3 is 0 Å². The maximum atomic E-state index is 11.8. The summed E-state index contributed by atoms with van der Waals surface area (Å²) in [7, 11) is 1.43. The molecule has 0 aliphatic carbocycles. The van der Waals surface area contributed by atoms with Gasteiger partial charge in [0.2, 0.25) is 6.29 Å². The zero-order valence-corrected chi connectivity index (χ0v) is 12.9. The number of methoxy groups -OCH3 is 1. The fraction of sp³-hybridized carbons (Fsp3) is 0.714. The Morgan fingerprint density at radius 1 is 1.30 bits per heavy atom. The molecule has 1 atom stereocenters. The second kappa shape index (κ2) is 6.47. The summed E-state index contributed by atoms with van der Waals surface area (Å²) in [6, 6.07) is 0. The number of hydrogen-bond donors (Lipinski definition) is 0. The molecule has 0 spiro atoms. The molecule has 0 aromatic carbocycles. The summed E-state index contributed by atoms with van der Waals surface area (Å²) < 4.78 is 5.10. The molecule has 0 N–H and O–H groups in total. The van der Waals surface area contributed by atoms with Gasteiger partial charge in [0.15, 0.2) is 0 Å². The van der Waals surface area contributed by atoms with Crippen molar-refractivity contribution in [2.45, 2.75) is 46.5 Å². The molecule has 1 unspecified atom stereocenters. The van der Waals surface area contributed by atoms with Crippen LogP contribution in [0.15, 0.2) is 11.6 Å². The van der Waals surface area contributed by atoms with Gasteiger partial charge < -0.3 is 4.74 Å². The number of nitrogens with zero attached hydrogens (tertiary/aromatic N) is 1. The predicted octanol–water partition coefficient (Wildman–Crippen LogP) is 1.66. The summed E-state index contributed by atoms with van der Waals surface area (Å²) in [4.78, 5) is 35.1. The Morgan fingerprint density at radius 3 is 2.30 bits per heavy atom. The van der Waals surface area contributed by atoms with E-state index in [9.17, 15) is 9.59 Å². The smallest absolute Gasteiger partial charge is 0.256 e. The summed E-state index contributed by atoms with van der Waals surface area (Å²) in [5.74, 6) is -0.455. The van der Waals surface area contributed by atoms with E-state index in [0.29, 0.717) is 5.57 Å². The van der Waals surface area contributed by atoms with Crippen LogP contribution in [0.5, 0.6) is 0 Å². The van der Waals surface area contributed by atoms with Gasteiger partial charge in [-0.15, -0.1) is 0 Å². The number of carbonyl (C=O) groups excluding carboxylic acids is 2. The molecule has 6 heteroatoms. The van der Waals surface area contributed by atoms with Crippen molar-refractivity contribution in [1.29, 1.82) is 0 Å². The van der Waals surface area contributed by atoms with Crippen LogP contribution in [0.4, 0.5) is 0 Å².